The fourth-order valence-corrected chi connectivity index (χ4v) is 2.77. The van der Waals surface area contributed by atoms with E-state index in [1.807, 2.05) is 6.20 Å². The summed E-state index contributed by atoms with van der Waals surface area (Å²) < 4.78 is 1.75. The zero-order chi connectivity index (χ0) is 12.7. The molecule has 2 aromatic heterocycles. The molecule has 0 aliphatic heterocycles. The third-order valence-electron chi connectivity index (χ3n) is 3.53. The van der Waals surface area contributed by atoms with Crippen LogP contribution >= 0.6 is 0 Å². The Hall–Kier alpha value is -1.71. The van der Waals surface area contributed by atoms with Gasteiger partial charge in [-0.2, -0.15) is 5.10 Å². The summed E-state index contributed by atoms with van der Waals surface area (Å²) >= 11 is 0. The van der Waals surface area contributed by atoms with Crippen LogP contribution in [0.15, 0.2) is 12.5 Å². The fraction of sp³-hybridized carbons (Fsp3) is 0.500. The highest BCUT2D eigenvalue weighted by molar-refractivity contribution is 5.98. The molecule has 0 fully saturated rings. The van der Waals surface area contributed by atoms with Crippen LogP contribution in [0.4, 0.5) is 0 Å². The van der Waals surface area contributed by atoms with Crippen molar-refractivity contribution in [2.24, 2.45) is 5.92 Å². The summed E-state index contributed by atoms with van der Waals surface area (Å²) in [6.45, 7) is 4.15. The first-order valence-corrected chi connectivity index (χ1v) is 6.54. The number of aromatic nitrogens is 3. The molecule has 4 heteroatoms. The molecule has 1 aliphatic carbocycles. The summed E-state index contributed by atoms with van der Waals surface area (Å²) in [6.07, 6.45) is 7.15. The summed E-state index contributed by atoms with van der Waals surface area (Å²) in [4.78, 5) is 16.6. The quantitative estimate of drug-likeness (QED) is 0.778. The van der Waals surface area contributed by atoms with Crippen LogP contribution < -0.4 is 0 Å². The predicted molar refractivity (Wildman–Crippen MR) is 68.8 cm³/mol. The van der Waals surface area contributed by atoms with E-state index in [4.69, 9.17) is 0 Å². The summed E-state index contributed by atoms with van der Waals surface area (Å²) in [5, 5.41) is 4.17. The largest absolute Gasteiger partial charge is 0.294 e. The van der Waals surface area contributed by atoms with Crippen LogP contribution in [0.25, 0.3) is 5.65 Å². The smallest absolute Gasteiger partial charge is 0.164 e. The molecular formula is C14H17N3O. The molecule has 3 rings (SSSR count). The molecule has 0 atom stereocenters. The van der Waals surface area contributed by atoms with Crippen LogP contribution in [0.3, 0.4) is 0 Å². The highest BCUT2D eigenvalue weighted by Gasteiger charge is 2.23. The Morgan fingerprint density at radius 1 is 1.39 bits per heavy atom. The lowest BCUT2D eigenvalue weighted by Gasteiger charge is -2.10. The minimum absolute atomic E-state index is 0.237. The van der Waals surface area contributed by atoms with Gasteiger partial charge in [-0.15, -0.1) is 0 Å². The zero-order valence-electron chi connectivity index (χ0n) is 10.8. The molecule has 0 saturated carbocycles. The van der Waals surface area contributed by atoms with Crippen LogP contribution in [0.5, 0.6) is 0 Å². The lowest BCUT2D eigenvalue weighted by molar-refractivity contribution is 0.0966. The number of Topliss-reactive ketones (excluding diaryl/α,β-unsaturated/α-hetero) is 1. The van der Waals surface area contributed by atoms with Gasteiger partial charge in [0.25, 0.3) is 0 Å². The molecule has 0 saturated heterocycles. The lowest BCUT2D eigenvalue weighted by atomic mass is 9.97. The number of carbonyl (C=O) groups excluding carboxylic acids is 1. The summed E-state index contributed by atoms with van der Waals surface area (Å²) in [5.41, 5.74) is 4.21. The van der Waals surface area contributed by atoms with Gasteiger partial charge in [0.15, 0.2) is 11.4 Å². The Balaban J connectivity index is 2.14. The van der Waals surface area contributed by atoms with E-state index in [-0.39, 0.29) is 5.78 Å². The number of rotatable bonds is 3. The maximum Gasteiger partial charge on any atom is 0.164 e. The number of hydrogen-bond acceptors (Lipinski definition) is 3. The maximum atomic E-state index is 12.3. The van der Waals surface area contributed by atoms with Gasteiger partial charge < -0.3 is 0 Å². The lowest BCUT2D eigenvalue weighted by Crippen LogP contribution is -2.09. The number of hydrogen-bond donors (Lipinski definition) is 0. The summed E-state index contributed by atoms with van der Waals surface area (Å²) in [5.74, 6) is 0.626. The molecule has 0 aromatic carbocycles. The SMILES string of the molecule is CC(C)CC(=O)c1cn2ncnc2c2c1CCC2. The minimum Gasteiger partial charge on any atom is -0.294 e. The van der Waals surface area contributed by atoms with Crippen molar-refractivity contribution in [3.05, 3.63) is 29.2 Å². The highest BCUT2D eigenvalue weighted by atomic mass is 16.1. The van der Waals surface area contributed by atoms with Gasteiger partial charge in [-0.3, -0.25) is 4.79 Å². The van der Waals surface area contributed by atoms with Crippen molar-refractivity contribution in [2.45, 2.75) is 39.5 Å². The normalized spacial score (nSPS) is 14.4. The molecule has 2 heterocycles. The number of nitrogens with zero attached hydrogens (tertiary/aromatic N) is 3. The Kier molecular flexibility index (Phi) is 2.65. The van der Waals surface area contributed by atoms with Crippen LogP contribution in [-0.4, -0.2) is 20.4 Å². The second kappa shape index (κ2) is 4.19. The van der Waals surface area contributed by atoms with E-state index in [0.29, 0.717) is 12.3 Å². The van der Waals surface area contributed by atoms with E-state index in [1.165, 1.54) is 11.1 Å². The van der Waals surface area contributed by atoms with Crippen molar-refractivity contribution >= 4 is 11.4 Å². The van der Waals surface area contributed by atoms with E-state index in [1.54, 1.807) is 10.8 Å². The van der Waals surface area contributed by atoms with E-state index in [9.17, 15) is 4.79 Å². The van der Waals surface area contributed by atoms with E-state index in [2.05, 4.69) is 23.9 Å². The third-order valence-corrected chi connectivity index (χ3v) is 3.53. The molecule has 0 unspecified atom stereocenters. The number of pyridine rings is 1. The van der Waals surface area contributed by atoms with Gasteiger partial charge in [0.1, 0.15) is 6.33 Å². The highest BCUT2D eigenvalue weighted by Crippen LogP contribution is 2.29. The molecule has 0 spiro atoms. The number of carbonyl (C=O) groups is 1. The molecule has 0 radical (unpaired) electrons. The minimum atomic E-state index is 0.237. The number of fused-ring (bicyclic) bond motifs is 3. The molecule has 94 valence electrons. The van der Waals surface area contributed by atoms with E-state index >= 15 is 0 Å². The van der Waals surface area contributed by atoms with Crippen molar-refractivity contribution in [3.8, 4) is 0 Å². The fourth-order valence-electron chi connectivity index (χ4n) is 2.77. The van der Waals surface area contributed by atoms with Crippen molar-refractivity contribution in [1.82, 2.24) is 14.6 Å². The molecule has 18 heavy (non-hydrogen) atoms. The Labute approximate surface area is 106 Å². The first kappa shape index (κ1) is 11.4. The maximum absolute atomic E-state index is 12.3. The van der Waals surface area contributed by atoms with Gasteiger partial charge in [-0.1, -0.05) is 13.8 Å². The molecule has 0 amide bonds. The van der Waals surface area contributed by atoms with Gasteiger partial charge in [0.05, 0.1) is 0 Å². The van der Waals surface area contributed by atoms with Crippen LogP contribution in [0.1, 0.15) is 48.2 Å². The van der Waals surface area contributed by atoms with Gasteiger partial charge in [0, 0.05) is 23.7 Å². The second-order valence-electron chi connectivity index (χ2n) is 5.40. The topological polar surface area (TPSA) is 47.3 Å². The van der Waals surface area contributed by atoms with Crippen LogP contribution in [0, 0.1) is 5.92 Å². The van der Waals surface area contributed by atoms with Crippen LogP contribution in [0.2, 0.25) is 0 Å². The van der Waals surface area contributed by atoms with Gasteiger partial charge in [-0.25, -0.2) is 9.50 Å². The van der Waals surface area contributed by atoms with Gasteiger partial charge >= 0.3 is 0 Å². The van der Waals surface area contributed by atoms with Crippen molar-refractivity contribution in [3.63, 3.8) is 0 Å². The molecule has 0 bridgehead atoms. The number of ketones is 1. The molecule has 1 aliphatic rings. The van der Waals surface area contributed by atoms with Gasteiger partial charge in [-0.05, 0) is 30.7 Å². The van der Waals surface area contributed by atoms with Crippen LogP contribution in [-0.2, 0) is 12.8 Å². The van der Waals surface area contributed by atoms with Crippen molar-refractivity contribution < 1.29 is 4.79 Å². The Morgan fingerprint density at radius 2 is 2.17 bits per heavy atom. The molecule has 4 nitrogen and oxygen atoms in total. The third kappa shape index (κ3) is 1.72. The monoisotopic (exact) mass is 243 g/mol. The van der Waals surface area contributed by atoms with Crippen molar-refractivity contribution in [2.75, 3.05) is 0 Å². The van der Waals surface area contributed by atoms with E-state index < -0.39 is 0 Å². The standard InChI is InChI=1S/C14H17N3O/c1-9(2)6-13(18)12-7-17-14(15-8-16-17)11-5-3-4-10(11)12/h7-9H,3-6H2,1-2H3. The Bertz CT molecular complexity index is 613. The average Bonchev–Trinajstić information content (AvgIpc) is 2.94. The first-order chi connectivity index (χ1) is 8.66. The average molecular weight is 243 g/mol. The molecular weight excluding hydrogens is 226 g/mol. The second-order valence-corrected chi connectivity index (χ2v) is 5.40. The first-order valence-electron chi connectivity index (χ1n) is 6.54. The molecule has 2 aromatic rings. The summed E-state index contributed by atoms with van der Waals surface area (Å²) in [7, 11) is 0. The van der Waals surface area contributed by atoms with Gasteiger partial charge in [0.2, 0.25) is 0 Å². The van der Waals surface area contributed by atoms with Crippen molar-refractivity contribution in [1.29, 1.82) is 0 Å². The zero-order valence-corrected chi connectivity index (χ0v) is 10.8. The molecule has 0 N–H and O–H groups in total. The van der Waals surface area contributed by atoms with E-state index in [0.717, 1.165) is 30.5 Å². The number of aryl methyl sites for hydroxylation is 1. The Morgan fingerprint density at radius 3 is 2.94 bits per heavy atom. The summed E-state index contributed by atoms with van der Waals surface area (Å²) in [6, 6.07) is 0. The predicted octanol–water partition coefficient (Wildman–Crippen LogP) is 2.45.